The van der Waals surface area contributed by atoms with Crippen molar-refractivity contribution in [2.45, 2.75) is 71.8 Å². The maximum atomic E-state index is 12.2. The molecule has 1 N–H and O–H groups in total. The van der Waals surface area contributed by atoms with Crippen LogP contribution in [-0.4, -0.2) is 88.3 Å². The van der Waals surface area contributed by atoms with Crippen LogP contribution >= 0.6 is 0 Å². The van der Waals surface area contributed by atoms with E-state index in [1.54, 1.807) is 0 Å². The van der Waals surface area contributed by atoms with E-state index in [1.165, 1.54) is 17.2 Å². The second-order valence-corrected chi connectivity index (χ2v) is 14.1. The molecule has 3 saturated heterocycles. The van der Waals surface area contributed by atoms with Gasteiger partial charge in [-0.15, -0.1) is 0 Å². The van der Waals surface area contributed by atoms with E-state index in [4.69, 9.17) is 14.7 Å². The number of fused-ring (bicyclic) bond motifs is 2. The number of ether oxygens (including phenoxy) is 1. The number of piperidine rings is 2. The second kappa shape index (κ2) is 12.0. The summed E-state index contributed by atoms with van der Waals surface area (Å²) in [5, 5.41) is 9.75. The summed E-state index contributed by atoms with van der Waals surface area (Å²) in [7, 11) is 2.20. The fraction of sp³-hybridized carbons (Fsp3) is 0.514. The Morgan fingerprint density at radius 2 is 1.85 bits per heavy atom. The first-order chi connectivity index (χ1) is 22.2. The molecule has 9 nitrogen and oxygen atoms in total. The van der Waals surface area contributed by atoms with Gasteiger partial charge in [0.25, 0.3) is 0 Å². The van der Waals surface area contributed by atoms with Gasteiger partial charge in [-0.1, -0.05) is 19.6 Å². The van der Waals surface area contributed by atoms with E-state index in [0.29, 0.717) is 5.92 Å². The zero-order chi connectivity index (χ0) is 32.2. The van der Waals surface area contributed by atoms with Crippen LogP contribution < -0.4 is 9.64 Å². The molecular formula is C37H47N7O2. The van der Waals surface area contributed by atoms with Crippen molar-refractivity contribution in [3.05, 3.63) is 54.0 Å². The van der Waals surface area contributed by atoms with Crippen LogP contribution in [0.3, 0.4) is 0 Å². The lowest BCUT2D eigenvalue weighted by atomic mass is 9.72. The maximum Gasteiger partial charge on any atom is 0.245 e. The van der Waals surface area contributed by atoms with Crippen LogP contribution in [0.5, 0.6) is 5.75 Å². The topological polar surface area (TPSA) is 90.5 Å². The molecule has 2 aromatic heterocycles. The van der Waals surface area contributed by atoms with Crippen LogP contribution in [0.2, 0.25) is 0 Å². The Hall–Kier alpha value is -3.98. The Labute approximate surface area is 272 Å². The summed E-state index contributed by atoms with van der Waals surface area (Å²) in [6, 6.07) is 6.61. The van der Waals surface area contributed by atoms with E-state index in [9.17, 15) is 4.79 Å². The number of nitrogens with zero attached hydrogens (tertiary/aromatic N) is 6. The van der Waals surface area contributed by atoms with E-state index in [1.807, 2.05) is 11.1 Å². The Morgan fingerprint density at radius 1 is 1.11 bits per heavy atom. The minimum atomic E-state index is -0.0298. The number of aromatic amines is 1. The van der Waals surface area contributed by atoms with Crippen molar-refractivity contribution in [1.29, 1.82) is 0 Å². The number of benzene rings is 2. The molecule has 7 rings (SSSR count). The third kappa shape index (κ3) is 5.32. The third-order valence-electron chi connectivity index (χ3n) is 10.6. The molecule has 242 valence electrons. The van der Waals surface area contributed by atoms with Gasteiger partial charge in [0.1, 0.15) is 17.2 Å². The van der Waals surface area contributed by atoms with Crippen molar-refractivity contribution in [2.24, 2.45) is 5.41 Å². The summed E-state index contributed by atoms with van der Waals surface area (Å²) in [6.45, 7) is 17.8. The first-order valence-electron chi connectivity index (χ1n) is 17.0. The van der Waals surface area contributed by atoms with E-state index in [2.05, 4.69) is 79.5 Å². The number of anilines is 1. The van der Waals surface area contributed by atoms with Crippen LogP contribution in [0.25, 0.3) is 32.9 Å². The lowest BCUT2D eigenvalue weighted by molar-refractivity contribution is -0.139. The quantitative estimate of drug-likeness (QED) is 0.244. The molecule has 4 aromatic rings. The SMILES string of the molecule is C=CC(=O)N1CC2(CCN(c3nc(C4CCN(C)CC4)nc4c(OC(C)C)c(-c5c(C)ccc6[nH]ncc56)c(CC)cc34)CC2)C1. The minimum absolute atomic E-state index is 0.0298. The van der Waals surface area contributed by atoms with Crippen molar-refractivity contribution in [3.8, 4) is 16.9 Å². The van der Waals surface area contributed by atoms with E-state index >= 15 is 0 Å². The number of rotatable bonds is 7. The van der Waals surface area contributed by atoms with Gasteiger partial charge in [-0.2, -0.15) is 5.10 Å². The van der Waals surface area contributed by atoms with Gasteiger partial charge in [0, 0.05) is 53.8 Å². The average Bonchev–Trinajstić information content (AvgIpc) is 3.52. The van der Waals surface area contributed by atoms with Crippen LogP contribution in [0.15, 0.2) is 37.1 Å². The summed E-state index contributed by atoms with van der Waals surface area (Å²) in [5.41, 5.74) is 6.81. The number of likely N-dealkylation sites (tertiary alicyclic amines) is 2. The van der Waals surface area contributed by atoms with Gasteiger partial charge in [0.2, 0.25) is 5.91 Å². The number of carbonyl (C=O) groups excluding carboxylic acids is 1. The Kier molecular flexibility index (Phi) is 7.99. The van der Waals surface area contributed by atoms with Crippen molar-refractivity contribution in [3.63, 3.8) is 0 Å². The third-order valence-corrected chi connectivity index (χ3v) is 10.6. The molecule has 0 unspecified atom stereocenters. The van der Waals surface area contributed by atoms with Gasteiger partial charge in [-0.3, -0.25) is 9.89 Å². The molecule has 0 aliphatic carbocycles. The predicted octanol–water partition coefficient (Wildman–Crippen LogP) is 6.26. The van der Waals surface area contributed by atoms with Gasteiger partial charge >= 0.3 is 0 Å². The van der Waals surface area contributed by atoms with Crippen molar-refractivity contribution >= 4 is 33.5 Å². The standard InChI is InChI=1S/C37H47N7O2/c1-7-25-19-27-33(34(46-23(3)4)32(25)31-24(5)9-10-29-28(31)20-38-41-29)39-35(26-11-15-42(6)16-12-26)40-36(27)43-17-13-37(14-18-43)21-44(22-37)30(45)8-2/h8-10,19-20,23,26H,2,7,11-18,21-22H2,1,3-6H3,(H,38,41). The van der Waals surface area contributed by atoms with Gasteiger partial charge in [-0.25, -0.2) is 9.97 Å². The van der Waals surface area contributed by atoms with E-state index in [-0.39, 0.29) is 17.4 Å². The fourth-order valence-electron chi connectivity index (χ4n) is 7.90. The summed E-state index contributed by atoms with van der Waals surface area (Å²) in [6.07, 6.45) is 8.36. The molecule has 1 spiro atoms. The summed E-state index contributed by atoms with van der Waals surface area (Å²) < 4.78 is 6.85. The highest BCUT2D eigenvalue weighted by Gasteiger charge is 2.46. The number of aryl methyl sites for hydroxylation is 2. The highest BCUT2D eigenvalue weighted by molar-refractivity contribution is 6.05. The predicted molar refractivity (Wildman–Crippen MR) is 185 cm³/mol. The molecule has 0 atom stereocenters. The molecule has 0 saturated carbocycles. The highest BCUT2D eigenvalue weighted by atomic mass is 16.5. The first-order valence-corrected chi connectivity index (χ1v) is 17.0. The molecule has 2 aromatic carbocycles. The smallest absolute Gasteiger partial charge is 0.245 e. The number of H-pyrrole nitrogens is 1. The zero-order valence-corrected chi connectivity index (χ0v) is 28.0. The molecule has 5 heterocycles. The number of amides is 1. The highest BCUT2D eigenvalue weighted by Crippen LogP contribution is 2.47. The molecule has 9 heteroatoms. The lowest BCUT2D eigenvalue weighted by Gasteiger charge is -2.54. The normalized spacial score (nSPS) is 18.9. The van der Waals surface area contributed by atoms with E-state index < -0.39 is 0 Å². The van der Waals surface area contributed by atoms with Crippen LogP contribution in [0, 0.1) is 12.3 Å². The fourth-order valence-corrected chi connectivity index (χ4v) is 7.90. The van der Waals surface area contributed by atoms with Gasteiger partial charge in [0.15, 0.2) is 5.75 Å². The molecule has 0 bridgehead atoms. The van der Waals surface area contributed by atoms with Gasteiger partial charge in [0.05, 0.1) is 17.8 Å². The number of hydrogen-bond donors (Lipinski definition) is 1. The number of carbonyl (C=O) groups is 1. The number of hydrogen-bond acceptors (Lipinski definition) is 7. The Morgan fingerprint density at radius 3 is 2.52 bits per heavy atom. The number of aromatic nitrogens is 4. The zero-order valence-electron chi connectivity index (χ0n) is 28.0. The molecule has 46 heavy (non-hydrogen) atoms. The Bertz CT molecular complexity index is 1790. The average molecular weight is 622 g/mol. The van der Waals surface area contributed by atoms with Gasteiger partial charge < -0.3 is 19.4 Å². The van der Waals surface area contributed by atoms with Gasteiger partial charge in [-0.05, 0) is 108 Å². The van der Waals surface area contributed by atoms with Crippen LogP contribution in [0.4, 0.5) is 5.82 Å². The molecule has 1 amide bonds. The van der Waals surface area contributed by atoms with Crippen molar-refractivity contribution < 1.29 is 9.53 Å². The maximum absolute atomic E-state index is 12.2. The molecule has 3 fully saturated rings. The van der Waals surface area contributed by atoms with Crippen molar-refractivity contribution in [2.75, 3.05) is 51.2 Å². The summed E-state index contributed by atoms with van der Waals surface area (Å²) in [5.74, 6) is 3.16. The first kappa shape index (κ1) is 30.7. The molecule has 3 aliphatic heterocycles. The molecule has 0 radical (unpaired) electrons. The number of nitrogens with one attached hydrogen (secondary N) is 1. The molecular weight excluding hydrogens is 574 g/mol. The summed E-state index contributed by atoms with van der Waals surface area (Å²) >= 11 is 0. The monoisotopic (exact) mass is 621 g/mol. The van der Waals surface area contributed by atoms with E-state index in [0.717, 1.165) is 122 Å². The lowest BCUT2D eigenvalue weighted by Crippen LogP contribution is -2.61. The molecule has 3 aliphatic rings. The van der Waals surface area contributed by atoms with Crippen LogP contribution in [-0.2, 0) is 11.2 Å². The van der Waals surface area contributed by atoms with Crippen molar-refractivity contribution in [1.82, 2.24) is 30.0 Å². The summed E-state index contributed by atoms with van der Waals surface area (Å²) in [4.78, 5) is 29.9. The largest absolute Gasteiger partial charge is 0.488 e. The minimum Gasteiger partial charge on any atom is -0.488 e. The van der Waals surface area contributed by atoms with Crippen LogP contribution in [0.1, 0.15) is 69.3 Å². The second-order valence-electron chi connectivity index (χ2n) is 14.1. The Balaban J connectivity index is 1.39.